The number of benzene rings is 4. The first-order chi connectivity index (χ1) is 20.9. The summed E-state index contributed by atoms with van der Waals surface area (Å²) >= 11 is 0. The van der Waals surface area contributed by atoms with Crippen molar-refractivity contribution in [1.29, 1.82) is 0 Å². The van der Waals surface area contributed by atoms with Gasteiger partial charge in [0.25, 0.3) is 0 Å². The molecule has 2 N–H and O–H groups in total. The van der Waals surface area contributed by atoms with Gasteiger partial charge >= 0.3 is 18.4 Å². The van der Waals surface area contributed by atoms with Gasteiger partial charge in [0, 0.05) is 12.2 Å². The molecule has 238 valence electrons. The second-order valence-corrected chi connectivity index (χ2v) is 12.8. The van der Waals surface area contributed by atoms with Crippen LogP contribution in [0.4, 0.5) is 36.8 Å². The Morgan fingerprint density at radius 1 is 0.800 bits per heavy atom. The molecule has 0 spiro atoms. The van der Waals surface area contributed by atoms with E-state index in [4.69, 9.17) is 0 Å². The molecular formula is C34H33F6N3O2. The molecular weight excluding hydrogens is 596 g/mol. The summed E-state index contributed by atoms with van der Waals surface area (Å²) in [6.07, 6.45) is -8.79. The van der Waals surface area contributed by atoms with Crippen LogP contribution in [0.15, 0.2) is 72.8 Å². The average molecular weight is 630 g/mol. The van der Waals surface area contributed by atoms with Gasteiger partial charge in [-0.2, -0.15) is 26.3 Å². The lowest BCUT2D eigenvalue weighted by atomic mass is 9.83. The molecule has 4 aromatic rings. The van der Waals surface area contributed by atoms with Gasteiger partial charge in [0.2, 0.25) is 5.91 Å². The molecule has 5 nitrogen and oxygen atoms in total. The van der Waals surface area contributed by atoms with Crippen LogP contribution >= 0.6 is 0 Å². The van der Waals surface area contributed by atoms with Gasteiger partial charge in [-0.15, -0.1) is 0 Å². The van der Waals surface area contributed by atoms with Crippen molar-refractivity contribution in [3.8, 4) is 0 Å². The zero-order chi connectivity index (χ0) is 32.9. The van der Waals surface area contributed by atoms with E-state index >= 15 is 0 Å². The molecule has 1 aliphatic rings. The molecule has 0 bridgehead atoms. The summed E-state index contributed by atoms with van der Waals surface area (Å²) in [7, 11) is 0. The van der Waals surface area contributed by atoms with E-state index in [1.807, 2.05) is 49.4 Å². The van der Waals surface area contributed by atoms with Gasteiger partial charge in [-0.25, -0.2) is 4.79 Å². The van der Waals surface area contributed by atoms with Gasteiger partial charge in [-0.3, -0.25) is 4.79 Å². The lowest BCUT2D eigenvalue weighted by Crippen LogP contribution is -2.58. The Bertz CT molecular complexity index is 1740. The Morgan fingerprint density at radius 2 is 1.40 bits per heavy atom. The number of urea groups is 1. The quantitative estimate of drug-likeness (QED) is 0.175. The summed E-state index contributed by atoms with van der Waals surface area (Å²) in [5.41, 5.74) is -4.49. The van der Waals surface area contributed by atoms with Gasteiger partial charge in [0.15, 0.2) is 0 Å². The number of fused-ring (bicyclic) bond motifs is 3. The number of hydrogen-bond acceptors (Lipinski definition) is 2. The fraction of sp³-hybridized carbons (Fsp3) is 0.353. The molecule has 4 aromatic carbocycles. The van der Waals surface area contributed by atoms with Gasteiger partial charge in [-0.05, 0) is 76.6 Å². The second-order valence-electron chi connectivity index (χ2n) is 12.8. The molecule has 5 rings (SSSR count). The van der Waals surface area contributed by atoms with Crippen molar-refractivity contribution < 1.29 is 35.9 Å². The van der Waals surface area contributed by atoms with E-state index in [0.717, 1.165) is 27.1 Å². The highest BCUT2D eigenvalue weighted by molar-refractivity contribution is 6.07. The summed E-state index contributed by atoms with van der Waals surface area (Å²) < 4.78 is 80.0. The van der Waals surface area contributed by atoms with Crippen LogP contribution in [0.1, 0.15) is 57.2 Å². The van der Waals surface area contributed by atoms with E-state index in [-0.39, 0.29) is 6.07 Å². The van der Waals surface area contributed by atoms with Crippen LogP contribution in [0, 0.1) is 5.41 Å². The van der Waals surface area contributed by atoms with Crippen molar-refractivity contribution in [3.63, 3.8) is 0 Å². The summed E-state index contributed by atoms with van der Waals surface area (Å²) in [6.45, 7) is 7.52. The normalized spacial score (nSPS) is 18.3. The predicted molar refractivity (Wildman–Crippen MR) is 162 cm³/mol. The minimum absolute atomic E-state index is 0.0198. The molecule has 0 aliphatic carbocycles. The van der Waals surface area contributed by atoms with E-state index in [1.54, 1.807) is 25.7 Å². The molecule has 45 heavy (non-hydrogen) atoms. The Balaban J connectivity index is 1.42. The zero-order valence-electron chi connectivity index (χ0n) is 25.2. The lowest BCUT2D eigenvalue weighted by molar-refractivity contribution is -0.143. The molecule has 1 aliphatic heterocycles. The lowest BCUT2D eigenvalue weighted by Gasteiger charge is -2.41. The fourth-order valence-electron chi connectivity index (χ4n) is 6.09. The van der Waals surface area contributed by atoms with Gasteiger partial charge < -0.3 is 15.5 Å². The topological polar surface area (TPSA) is 61.4 Å². The second kappa shape index (κ2) is 11.3. The fourth-order valence-corrected chi connectivity index (χ4v) is 6.09. The number of anilines is 1. The number of halogens is 6. The number of carbonyl (C=O) groups is 2. The minimum atomic E-state index is -5.08. The van der Waals surface area contributed by atoms with Gasteiger partial charge in [-0.1, -0.05) is 69.3 Å². The zero-order valence-corrected chi connectivity index (χ0v) is 25.2. The molecule has 0 unspecified atom stereocenters. The summed E-state index contributed by atoms with van der Waals surface area (Å²) in [6, 6.07) is 16.8. The SMILES string of the molecule is CC(C)(C)[C@H](NC(=O)Nc1cc(C(F)(F)F)cc(C(F)(F)F)c1)C(=O)N1CCC[C@]1(C)c1ccc2c(ccc3ccccc32)c1. The van der Waals surface area contributed by atoms with E-state index < -0.39 is 58.1 Å². The highest BCUT2D eigenvalue weighted by Gasteiger charge is 2.46. The van der Waals surface area contributed by atoms with Crippen LogP contribution in [-0.4, -0.2) is 29.4 Å². The maximum atomic E-state index is 14.2. The van der Waals surface area contributed by atoms with Crippen LogP contribution < -0.4 is 10.6 Å². The number of alkyl halides is 6. The summed E-state index contributed by atoms with van der Waals surface area (Å²) in [5.74, 6) is -0.406. The van der Waals surface area contributed by atoms with Crippen LogP contribution in [-0.2, 0) is 22.7 Å². The monoisotopic (exact) mass is 629 g/mol. The van der Waals surface area contributed by atoms with E-state index in [2.05, 4.69) is 22.8 Å². The molecule has 2 atom stereocenters. The predicted octanol–water partition coefficient (Wildman–Crippen LogP) is 9.10. The smallest absolute Gasteiger partial charge is 0.331 e. The Labute approximate surface area is 256 Å². The van der Waals surface area contributed by atoms with Crippen molar-refractivity contribution in [3.05, 3.63) is 89.5 Å². The van der Waals surface area contributed by atoms with Crippen LogP contribution in [0.25, 0.3) is 21.5 Å². The third-order valence-corrected chi connectivity index (χ3v) is 8.51. The number of amides is 3. The standard InChI is InChI=1S/C34H33F6N3O2/c1-31(2,3)28(42-30(45)41-25-18-23(33(35,36)37)17-24(19-25)34(38,39)40)29(44)43-15-7-14-32(43,4)22-12-13-27-21(16-22)11-10-20-8-5-6-9-26(20)27/h5-6,8-13,16-19,28H,7,14-15H2,1-4H3,(H2,41,42,45)/t28-,32-/m1/s1. The van der Waals surface area contributed by atoms with Crippen molar-refractivity contribution in [2.75, 3.05) is 11.9 Å². The molecule has 11 heteroatoms. The number of rotatable bonds is 4. The first-order valence-electron chi connectivity index (χ1n) is 14.5. The third-order valence-electron chi connectivity index (χ3n) is 8.51. The highest BCUT2D eigenvalue weighted by atomic mass is 19.4. The third kappa shape index (κ3) is 6.43. The first kappa shape index (κ1) is 32.1. The Hall–Kier alpha value is -4.28. The first-order valence-corrected chi connectivity index (χ1v) is 14.5. The maximum absolute atomic E-state index is 14.2. The number of hydrogen-bond donors (Lipinski definition) is 2. The van der Waals surface area contributed by atoms with Crippen molar-refractivity contribution in [1.82, 2.24) is 10.2 Å². The van der Waals surface area contributed by atoms with Crippen molar-refractivity contribution >= 4 is 39.2 Å². The maximum Gasteiger partial charge on any atom is 0.416 e. The Kier molecular flexibility index (Phi) is 8.04. The van der Waals surface area contributed by atoms with Crippen LogP contribution in [0.5, 0.6) is 0 Å². The molecule has 0 saturated carbocycles. The number of nitrogens with zero attached hydrogens (tertiary/aromatic N) is 1. The van der Waals surface area contributed by atoms with E-state index in [0.29, 0.717) is 31.5 Å². The largest absolute Gasteiger partial charge is 0.416 e. The number of carbonyl (C=O) groups excluding carboxylic acids is 2. The number of nitrogens with one attached hydrogen (secondary N) is 2. The van der Waals surface area contributed by atoms with Crippen molar-refractivity contribution in [2.24, 2.45) is 5.41 Å². The van der Waals surface area contributed by atoms with Crippen molar-refractivity contribution in [2.45, 2.75) is 64.5 Å². The molecule has 1 heterocycles. The molecule has 1 fully saturated rings. The molecule has 3 amide bonds. The highest BCUT2D eigenvalue weighted by Crippen LogP contribution is 2.42. The van der Waals surface area contributed by atoms with Crippen LogP contribution in [0.3, 0.4) is 0 Å². The molecule has 1 saturated heterocycles. The molecule has 0 radical (unpaired) electrons. The van der Waals surface area contributed by atoms with Crippen LogP contribution in [0.2, 0.25) is 0 Å². The Morgan fingerprint density at radius 3 is 2.02 bits per heavy atom. The summed E-state index contributed by atoms with van der Waals surface area (Å²) in [4.78, 5) is 28.9. The van der Waals surface area contributed by atoms with E-state index in [1.165, 1.54) is 0 Å². The average Bonchev–Trinajstić information content (AvgIpc) is 3.36. The molecule has 0 aromatic heterocycles. The summed E-state index contributed by atoms with van der Waals surface area (Å²) in [5, 5.41) is 8.92. The minimum Gasteiger partial charge on any atom is -0.331 e. The number of likely N-dealkylation sites (tertiary alicyclic amines) is 1. The van der Waals surface area contributed by atoms with Gasteiger partial charge in [0.05, 0.1) is 16.7 Å². The van der Waals surface area contributed by atoms with Gasteiger partial charge in [0.1, 0.15) is 6.04 Å². The van der Waals surface area contributed by atoms with E-state index in [9.17, 15) is 35.9 Å².